The number of rotatable bonds is 4. The standard InChI is InChI=1S/C13H13BrN2O2/c1-17-10-5-9(8-15)6-11(7-10)18-13-12(14)3-2-4-16-13/h2-7H,8,15H2,1H3. The molecule has 0 atom stereocenters. The number of halogens is 1. The van der Waals surface area contributed by atoms with Gasteiger partial charge in [0.15, 0.2) is 0 Å². The molecule has 0 radical (unpaired) electrons. The van der Waals surface area contributed by atoms with Crippen molar-refractivity contribution in [1.29, 1.82) is 0 Å². The highest BCUT2D eigenvalue weighted by molar-refractivity contribution is 9.10. The Bertz CT molecular complexity index is 524. The Labute approximate surface area is 114 Å². The second-order valence-corrected chi connectivity index (χ2v) is 4.47. The zero-order chi connectivity index (χ0) is 13.0. The summed E-state index contributed by atoms with van der Waals surface area (Å²) in [6.45, 7) is 0.428. The van der Waals surface area contributed by atoms with Crippen molar-refractivity contribution in [2.24, 2.45) is 5.73 Å². The van der Waals surface area contributed by atoms with Crippen LogP contribution >= 0.6 is 15.9 Å². The van der Waals surface area contributed by atoms with Crippen LogP contribution in [0.25, 0.3) is 0 Å². The smallest absolute Gasteiger partial charge is 0.233 e. The molecule has 2 aromatic rings. The molecule has 4 nitrogen and oxygen atoms in total. The third-order valence-electron chi connectivity index (χ3n) is 2.35. The fourth-order valence-corrected chi connectivity index (χ4v) is 1.82. The SMILES string of the molecule is COc1cc(CN)cc(Oc2ncccc2Br)c1. The highest BCUT2D eigenvalue weighted by atomic mass is 79.9. The molecule has 1 aromatic carbocycles. The first kappa shape index (κ1) is 12.9. The molecule has 0 fully saturated rings. The second kappa shape index (κ2) is 5.84. The Kier molecular flexibility index (Phi) is 4.17. The van der Waals surface area contributed by atoms with E-state index >= 15 is 0 Å². The van der Waals surface area contributed by atoms with Gasteiger partial charge in [-0.15, -0.1) is 0 Å². The summed E-state index contributed by atoms with van der Waals surface area (Å²) in [6.07, 6.45) is 1.67. The fourth-order valence-electron chi connectivity index (χ4n) is 1.48. The van der Waals surface area contributed by atoms with Crippen LogP contribution in [0, 0.1) is 0 Å². The van der Waals surface area contributed by atoms with Crippen molar-refractivity contribution in [2.45, 2.75) is 6.54 Å². The van der Waals surface area contributed by atoms with Crippen molar-refractivity contribution < 1.29 is 9.47 Å². The van der Waals surface area contributed by atoms with E-state index in [1.807, 2.05) is 24.3 Å². The van der Waals surface area contributed by atoms with Crippen molar-refractivity contribution in [3.8, 4) is 17.4 Å². The van der Waals surface area contributed by atoms with Crippen molar-refractivity contribution >= 4 is 15.9 Å². The summed E-state index contributed by atoms with van der Waals surface area (Å²) in [5.74, 6) is 1.86. The van der Waals surface area contributed by atoms with E-state index in [2.05, 4.69) is 20.9 Å². The van der Waals surface area contributed by atoms with E-state index in [1.54, 1.807) is 19.4 Å². The molecule has 0 amide bonds. The zero-order valence-electron chi connectivity index (χ0n) is 9.89. The van der Waals surface area contributed by atoms with Crippen LogP contribution in [0.2, 0.25) is 0 Å². The van der Waals surface area contributed by atoms with E-state index in [0.29, 0.717) is 23.9 Å². The zero-order valence-corrected chi connectivity index (χ0v) is 11.5. The molecule has 1 aromatic heterocycles. The van der Waals surface area contributed by atoms with Gasteiger partial charge in [0.25, 0.3) is 0 Å². The number of nitrogens with zero attached hydrogens (tertiary/aromatic N) is 1. The maximum Gasteiger partial charge on any atom is 0.233 e. The summed E-state index contributed by atoms with van der Waals surface area (Å²) in [4.78, 5) is 4.14. The van der Waals surface area contributed by atoms with E-state index in [-0.39, 0.29) is 0 Å². The van der Waals surface area contributed by atoms with Crippen LogP contribution in [-0.2, 0) is 6.54 Å². The minimum atomic E-state index is 0.428. The first-order valence-corrected chi connectivity index (χ1v) is 6.18. The van der Waals surface area contributed by atoms with Crippen molar-refractivity contribution in [2.75, 3.05) is 7.11 Å². The lowest BCUT2D eigenvalue weighted by molar-refractivity contribution is 0.406. The van der Waals surface area contributed by atoms with Gasteiger partial charge in [0.1, 0.15) is 11.5 Å². The molecular formula is C13H13BrN2O2. The minimum Gasteiger partial charge on any atom is -0.497 e. The third-order valence-corrected chi connectivity index (χ3v) is 2.95. The molecule has 0 saturated heterocycles. The molecule has 0 spiro atoms. The van der Waals surface area contributed by atoms with E-state index < -0.39 is 0 Å². The van der Waals surface area contributed by atoms with Crippen LogP contribution in [0.4, 0.5) is 0 Å². The first-order chi connectivity index (χ1) is 8.72. The molecule has 94 valence electrons. The number of ether oxygens (including phenoxy) is 2. The maximum atomic E-state index is 5.70. The topological polar surface area (TPSA) is 57.4 Å². The maximum absolute atomic E-state index is 5.70. The summed E-state index contributed by atoms with van der Waals surface area (Å²) in [6, 6.07) is 9.23. The summed E-state index contributed by atoms with van der Waals surface area (Å²) >= 11 is 3.38. The highest BCUT2D eigenvalue weighted by Crippen LogP contribution is 2.30. The summed E-state index contributed by atoms with van der Waals surface area (Å²) in [5.41, 5.74) is 6.57. The third kappa shape index (κ3) is 3.00. The highest BCUT2D eigenvalue weighted by Gasteiger charge is 2.06. The number of aromatic nitrogens is 1. The van der Waals surface area contributed by atoms with Gasteiger partial charge < -0.3 is 15.2 Å². The Morgan fingerprint density at radius 3 is 2.72 bits per heavy atom. The van der Waals surface area contributed by atoms with Crippen molar-refractivity contribution in [3.05, 3.63) is 46.6 Å². The quantitative estimate of drug-likeness (QED) is 0.943. The van der Waals surface area contributed by atoms with Gasteiger partial charge in [-0.2, -0.15) is 0 Å². The van der Waals surface area contributed by atoms with Crippen LogP contribution in [0.15, 0.2) is 41.0 Å². The number of hydrogen-bond acceptors (Lipinski definition) is 4. The number of benzene rings is 1. The van der Waals surface area contributed by atoms with Gasteiger partial charge in [-0.05, 0) is 45.8 Å². The van der Waals surface area contributed by atoms with Gasteiger partial charge in [0, 0.05) is 18.8 Å². The molecule has 0 saturated carbocycles. The molecule has 18 heavy (non-hydrogen) atoms. The molecular weight excluding hydrogens is 296 g/mol. The van der Waals surface area contributed by atoms with Crippen LogP contribution in [0.3, 0.4) is 0 Å². The summed E-state index contributed by atoms with van der Waals surface area (Å²) in [7, 11) is 1.61. The molecule has 0 bridgehead atoms. The minimum absolute atomic E-state index is 0.428. The van der Waals surface area contributed by atoms with Crippen LogP contribution in [0.5, 0.6) is 17.4 Å². The van der Waals surface area contributed by atoms with E-state index in [9.17, 15) is 0 Å². The number of nitrogens with two attached hydrogens (primary N) is 1. The average Bonchev–Trinajstić information content (AvgIpc) is 2.41. The first-order valence-electron chi connectivity index (χ1n) is 5.39. The molecule has 0 aliphatic carbocycles. The molecule has 2 N–H and O–H groups in total. The van der Waals surface area contributed by atoms with Crippen LogP contribution in [0.1, 0.15) is 5.56 Å². The predicted octanol–water partition coefficient (Wildman–Crippen LogP) is 3.10. The van der Waals surface area contributed by atoms with Gasteiger partial charge in [-0.25, -0.2) is 4.98 Å². The van der Waals surface area contributed by atoms with E-state index in [4.69, 9.17) is 15.2 Å². The molecule has 2 rings (SSSR count). The second-order valence-electron chi connectivity index (χ2n) is 3.61. The monoisotopic (exact) mass is 308 g/mol. The van der Waals surface area contributed by atoms with Gasteiger partial charge in [-0.3, -0.25) is 0 Å². The Balaban J connectivity index is 2.31. The molecule has 1 heterocycles. The van der Waals surface area contributed by atoms with Crippen molar-refractivity contribution in [1.82, 2.24) is 4.98 Å². The summed E-state index contributed by atoms with van der Waals surface area (Å²) < 4.78 is 11.7. The Morgan fingerprint density at radius 1 is 1.28 bits per heavy atom. The Hall–Kier alpha value is -1.59. The van der Waals surface area contributed by atoms with Crippen LogP contribution in [-0.4, -0.2) is 12.1 Å². The lowest BCUT2D eigenvalue weighted by Gasteiger charge is -2.09. The number of methoxy groups -OCH3 is 1. The molecule has 0 aliphatic rings. The van der Waals surface area contributed by atoms with Gasteiger partial charge in [-0.1, -0.05) is 0 Å². The van der Waals surface area contributed by atoms with Gasteiger partial charge in [0.2, 0.25) is 5.88 Å². The van der Waals surface area contributed by atoms with E-state index in [0.717, 1.165) is 10.0 Å². The van der Waals surface area contributed by atoms with Crippen LogP contribution < -0.4 is 15.2 Å². The van der Waals surface area contributed by atoms with E-state index in [1.165, 1.54) is 0 Å². The number of hydrogen-bond donors (Lipinski definition) is 1. The normalized spacial score (nSPS) is 10.2. The van der Waals surface area contributed by atoms with Gasteiger partial charge >= 0.3 is 0 Å². The summed E-state index contributed by atoms with van der Waals surface area (Å²) in [5, 5.41) is 0. The lowest BCUT2D eigenvalue weighted by atomic mass is 10.2. The molecule has 0 unspecified atom stereocenters. The molecule has 5 heteroatoms. The van der Waals surface area contributed by atoms with Gasteiger partial charge in [0.05, 0.1) is 11.6 Å². The number of pyridine rings is 1. The Morgan fingerprint density at radius 2 is 2.06 bits per heavy atom. The van der Waals surface area contributed by atoms with Crippen molar-refractivity contribution in [3.63, 3.8) is 0 Å². The fraction of sp³-hybridized carbons (Fsp3) is 0.154. The predicted molar refractivity (Wildman–Crippen MR) is 72.9 cm³/mol. The average molecular weight is 309 g/mol. The molecule has 0 aliphatic heterocycles. The lowest BCUT2D eigenvalue weighted by Crippen LogP contribution is -1.98. The largest absolute Gasteiger partial charge is 0.497 e.